The van der Waals surface area contributed by atoms with E-state index in [0.717, 1.165) is 16.6 Å². The minimum Gasteiger partial charge on any atom is -0.478 e. The van der Waals surface area contributed by atoms with Gasteiger partial charge in [0.1, 0.15) is 5.82 Å². The summed E-state index contributed by atoms with van der Waals surface area (Å²) in [6, 6.07) is 14.4. The lowest BCUT2D eigenvalue weighted by atomic mass is 10.1. The van der Waals surface area contributed by atoms with Gasteiger partial charge in [0, 0.05) is 6.54 Å². The number of rotatable bonds is 4. The van der Waals surface area contributed by atoms with E-state index in [1.54, 1.807) is 30.5 Å². The second-order valence-electron chi connectivity index (χ2n) is 4.60. The summed E-state index contributed by atoms with van der Waals surface area (Å²) in [5.41, 5.74) is 2.96. The normalized spacial score (nSPS) is 10.5. The first kappa shape index (κ1) is 13.1. The topological polar surface area (TPSA) is 75.1 Å². The molecule has 0 unspecified atom stereocenters. The SMILES string of the molecule is O=C(O)c1ccc(CNc2cnc3ccccc3n2)cc1. The van der Waals surface area contributed by atoms with Crippen molar-refractivity contribution in [3.05, 3.63) is 65.9 Å². The van der Waals surface area contributed by atoms with Gasteiger partial charge in [-0.1, -0.05) is 24.3 Å². The number of anilines is 1. The molecule has 0 saturated heterocycles. The maximum atomic E-state index is 10.8. The summed E-state index contributed by atoms with van der Waals surface area (Å²) in [6.45, 7) is 0.562. The molecule has 2 N–H and O–H groups in total. The zero-order valence-electron chi connectivity index (χ0n) is 11.2. The molecule has 0 aliphatic heterocycles. The van der Waals surface area contributed by atoms with E-state index >= 15 is 0 Å². The standard InChI is InChI=1S/C16H13N3O2/c20-16(21)12-7-5-11(6-8-12)9-18-15-10-17-13-3-1-2-4-14(13)19-15/h1-8,10H,9H2,(H,18,19)(H,20,21). The third-order valence-corrected chi connectivity index (χ3v) is 3.12. The molecule has 1 heterocycles. The van der Waals surface area contributed by atoms with Crippen LogP contribution in [-0.4, -0.2) is 21.0 Å². The lowest BCUT2D eigenvalue weighted by molar-refractivity contribution is 0.0697. The molecule has 5 heteroatoms. The Hall–Kier alpha value is -2.95. The van der Waals surface area contributed by atoms with Crippen LogP contribution >= 0.6 is 0 Å². The lowest BCUT2D eigenvalue weighted by Gasteiger charge is -2.06. The molecule has 2 aromatic carbocycles. The van der Waals surface area contributed by atoms with Crippen molar-refractivity contribution in [3.63, 3.8) is 0 Å². The molecule has 0 aliphatic carbocycles. The average molecular weight is 279 g/mol. The van der Waals surface area contributed by atoms with Gasteiger partial charge in [-0.3, -0.25) is 4.98 Å². The number of benzene rings is 2. The number of aromatic carboxylic acids is 1. The first-order valence-electron chi connectivity index (χ1n) is 6.50. The number of carboxylic acids is 1. The fourth-order valence-corrected chi connectivity index (χ4v) is 2.00. The van der Waals surface area contributed by atoms with Crippen molar-refractivity contribution in [3.8, 4) is 0 Å². The number of carboxylic acid groups (broad SMARTS) is 1. The van der Waals surface area contributed by atoms with Gasteiger partial charge in [0.15, 0.2) is 0 Å². The summed E-state index contributed by atoms with van der Waals surface area (Å²) in [5.74, 6) is -0.231. The highest BCUT2D eigenvalue weighted by molar-refractivity contribution is 5.87. The first-order chi connectivity index (χ1) is 10.2. The van der Waals surface area contributed by atoms with Gasteiger partial charge in [-0.05, 0) is 29.8 Å². The van der Waals surface area contributed by atoms with Gasteiger partial charge in [0.05, 0.1) is 22.8 Å². The van der Waals surface area contributed by atoms with Gasteiger partial charge in [-0.15, -0.1) is 0 Å². The summed E-state index contributed by atoms with van der Waals surface area (Å²) < 4.78 is 0. The number of carbonyl (C=O) groups is 1. The molecule has 21 heavy (non-hydrogen) atoms. The second-order valence-corrected chi connectivity index (χ2v) is 4.60. The minimum absolute atomic E-state index is 0.282. The molecular formula is C16H13N3O2. The van der Waals surface area contributed by atoms with Crippen LogP contribution in [0.3, 0.4) is 0 Å². The fraction of sp³-hybridized carbons (Fsp3) is 0.0625. The highest BCUT2D eigenvalue weighted by atomic mass is 16.4. The smallest absolute Gasteiger partial charge is 0.335 e. The summed E-state index contributed by atoms with van der Waals surface area (Å²) >= 11 is 0. The molecule has 104 valence electrons. The van der Waals surface area contributed by atoms with Crippen molar-refractivity contribution < 1.29 is 9.90 Å². The monoisotopic (exact) mass is 279 g/mol. The maximum absolute atomic E-state index is 10.8. The number of hydrogen-bond acceptors (Lipinski definition) is 4. The summed E-state index contributed by atoms with van der Waals surface area (Å²) in [6.07, 6.45) is 1.69. The highest BCUT2D eigenvalue weighted by Crippen LogP contribution is 2.12. The Bertz CT molecular complexity index is 785. The van der Waals surface area contributed by atoms with Crippen LogP contribution in [0.5, 0.6) is 0 Å². The average Bonchev–Trinajstić information content (AvgIpc) is 2.53. The van der Waals surface area contributed by atoms with Crippen LogP contribution in [0.4, 0.5) is 5.82 Å². The number of hydrogen-bond donors (Lipinski definition) is 2. The molecule has 0 atom stereocenters. The molecule has 0 bridgehead atoms. The van der Waals surface area contributed by atoms with Crippen molar-refractivity contribution >= 4 is 22.8 Å². The number of fused-ring (bicyclic) bond motifs is 1. The van der Waals surface area contributed by atoms with E-state index in [9.17, 15) is 4.79 Å². The zero-order valence-corrected chi connectivity index (χ0v) is 11.2. The van der Waals surface area contributed by atoms with E-state index in [4.69, 9.17) is 5.11 Å². The van der Waals surface area contributed by atoms with Crippen molar-refractivity contribution in [1.29, 1.82) is 0 Å². The van der Waals surface area contributed by atoms with Gasteiger partial charge in [0.25, 0.3) is 0 Å². The summed E-state index contributed by atoms with van der Waals surface area (Å²) in [4.78, 5) is 19.6. The molecule has 0 fully saturated rings. The Morgan fingerprint density at radius 3 is 2.48 bits per heavy atom. The van der Waals surface area contributed by atoms with Crippen molar-refractivity contribution in [2.45, 2.75) is 6.54 Å². The Morgan fingerprint density at radius 1 is 1.05 bits per heavy atom. The van der Waals surface area contributed by atoms with E-state index in [1.807, 2.05) is 24.3 Å². The van der Waals surface area contributed by atoms with Crippen LogP contribution in [0.25, 0.3) is 11.0 Å². The number of para-hydroxylation sites is 2. The van der Waals surface area contributed by atoms with E-state index in [1.165, 1.54) is 0 Å². The molecule has 0 saturated carbocycles. The lowest BCUT2D eigenvalue weighted by Crippen LogP contribution is -2.03. The molecule has 5 nitrogen and oxygen atoms in total. The van der Waals surface area contributed by atoms with Crippen LogP contribution in [0.1, 0.15) is 15.9 Å². The zero-order chi connectivity index (χ0) is 14.7. The molecule has 1 aromatic heterocycles. The molecule has 0 radical (unpaired) electrons. The van der Waals surface area contributed by atoms with E-state index in [-0.39, 0.29) is 5.56 Å². The van der Waals surface area contributed by atoms with Gasteiger partial charge in [0.2, 0.25) is 0 Å². The van der Waals surface area contributed by atoms with Crippen molar-refractivity contribution in [1.82, 2.24) is 9.97 Å². The quantitative estimate of drug-likeness (QED) is 0.768. The molecular weight excluding hydrogens is 266 g/mol. The van der Waals surface area contributed by atoms with Gasteiger partial charge in [-0.2, -0.15) is 0 Å². The fourth-order valence-electron chi connectivity index (χ4n) is 2.00. The Kier molecular flexibility index (Phi) is 3.47. The third kappa shape index (κ3) is 2.97. The van der Waals surface area contributed by atoms with E-state index in [0.29, 0.717) is 12.4 Å². The van der Waals surface area contributed by atoms with Crippen LogP contribution in [0, 0.1) is 0 Å². The van der Waals surface area contributed by atoms with Crippen LogP contribution in [-0.2, 0) is 6.54 Å². The maximum Gasteiger partial charge on any atom is 0.335 e. The van der Waals surface area contributed by atoms with E-state index in [2.05, 4.69) is 15.3 Å². The molecule has 3 rings (SSSR count). The second kappa shape index (κ2) is 5.58. The van der Waals surface area contributed by atoms with Gasteiger partial charge < -0.3 is 10.4 Å². The van der Waals surface area contributed by atoms with Crippen LogP contribution < -0.4 is 5.32 Å². The van der Waals surface area contributed by atoms with Crippen LogP contribution in [0.2, 0.25) is 0 Å². The molecule has 0 aliphatic rings. The number of aromatic nitrogens is 2. The highest BCUT2D eigenvalue weighted by Gasteiger charge is 2.02. The summed E-state index contributed by atoms with van der Waals surface area (Å²) in [7, 11) is 0. The van der Waals surface area contributed by atoms with Crippen molar-refractivity contribution in [2.75, 3.05) is 5.32 Å². The third-order valence-electron chi connectivity index (χ3n) is 3.12. The Morgan fingerprint density at radius 2 is 1.76 bits per heavy atom. The molecule has 0 amide bonds. The largest absolute Gasteiger partial charge is 0.478 e. The van der Waals surface area contributed by atoms with Gasteiger partial charge in [-0.25, -0.2) is 9.78 Å². The minimum atomic E-state index is -0.921. The Balaban J connectivity index is 1.72. The first-order valence-corrected chi connectivity index (χ1v) is 6.50. The van der Waals surface area contributed by atoms with E-state index < -0.39 is 5.97 Å². The molecule has 3 aromatic rings. The Labute approximate surface area is 121 Å². The van der Waals surface area contributed by atoms with Crippen LogP contribution in [0.15, 0.2) is 54.7 Å². The number of nitrogens with one attached hydrogen (secondary N) is 1. The summed E-state index contributed by atoms with van der Waals surface area (Å²) in [5, 5.41) is 12.0. The molecule has 0 spiro atoms. The van der Waals surface area contributed by atoms with Gasteiger partial charge >= 0.3 is 5.97 Å². The number of nitrogens with zero attached hydrogens (tertiary/aromatic N) is 2. The predicted molar refractivity (Wildman–Crippen MR) is 80.3 cm³/mol. The predicted octanol–water partition coefficient (Wildman–Crippen LogP) is 2.94. The van der Waals surface area contributed by atoms with Crippen molar-refractivity contribution in [2.24, 2.45) is 0 Å².